The van der Waals surface area contributed by atoms with Crippen molar-refractivity contribution in [1.29, 1.82) is 0 Å². The van der Waals surface area contributed by atoms with Gasteiger partial charge in [-0.25, -0.2) is 0 Å². The van der Waals surface area contributed by atoms with E-state index in [-0.39, 0.29) is 0 Å². The molecule has 0 saturated heterocycles. The Morgan fingerprint density at radius 1 is 0.531 bits per heavy atom. The Kier molecular flexibility index (Phi) is 7.47. The Balaban J connectivity index is 1.70. The molecule has 0 spiro atoms. The predicted octanol–water partition coefficient (Wildman–Crippen LogP) is 3.43. The summed E-state index contributed by atoms with van der Waals surface area (Å²) >= 11 is 0. The van der Waals surface area contributed by atoms with Crippen LogP contribution in [0.2, 0.25) is 6.55 Å². The zero-order valence-electron chi connectivity index (χ0n) is 18.1. The zero-order valence-corrected chi connectivity index (χ0v) is 21.1. The van der Waals surface area contributed by atoms with Crippen molar-refractivity contribution in [2.45, 2.75) is 6.55 Å². The van der Waals surface area contributed by atoms with Gasteiger partial charge < -0.3 is 8.23 Å². The molecule has 0 aliphatic heterocycles. The molecule has 158 valence electrons. The summed E-state index contributed by atoms with van der Waals surface area (Å²) in [6.45, 7) is 6.28. The Morgan fingerprint density at radius 3 is 1.00 bits per heavy atom. The Bertz CT molecular complexity index is 943. The summed E-state index contributed by atoms with van der Waals surface area (Å²) in [6.07, 6.45) is 0. The standard InChI is InChI=1S/C27H26O2Si3/c1-3-32(2,28-30(24-16-8-4-9-17-24)25-18-10-5-11-19-25)29-31(26-20-12-6-13-21-26)27-22-14-7-15-23-27/h3-23H,1H2,2H3. The lowest BCUT2D eigenvalue weighted by molar-refractivity contribution is 0.432. The van der Waals surface area contributed by atoms with Crippen LogP contribution in [0.15, 0.2) is 134 Å². The zero-order chi connectivity index (χ0) is 22.2. The fourth-order valence-electron chi connectivity index (χ4n) is 3.44. The Morgan fingerprint density at radius 2 is 0.781 bits per heavy atom. The first kappa shape index (κ1) is 22.4. The minimum Gasteiger partial charge on any atom is -0.426 e. The highest BCUT2D eigenvalue weighted by atomic mass is 28.5. The fraction of sp³-hybridized carbons (Fsp3) is 0.0370. The molecule has 0 atom stereocenters. The van der Waals surface area contributed by atoms with Crippen molar-refractivity contribution < 1.29 is 8.23 Å². The van der Waals surface area contributed by atoms with Gasteiger partial charge in [-0.2, -0.15) is 0 Å². The number of benzene rings is 4. The molecule has 2 radical (unpaired) electrons. The minimum absolute atomic E-state index is 1.21. The maximum Gasteiger partial charge on any atom is 0.341 e. The van der Waals surface area contributed by atoms with Crippen molar-refractivity contribution in [2.75, 3.05) is 0 Å². The van der Waals surface area contributed by atoms with Gasteiger partial charge in [0.1, 0.15) is 0 Å². The topological polar surface area (TPSA) is 18.5 Å². The smallest absolute Gasteiger partial charge is 0.341 e. The van der Waals surface area contributed by atoms with Crippen LogP contribution in [0.5, 0.6) is 0 Å². The first-order valence-corrected chi connectivity index (χ1v) is 15.9. The Hall–Kier alpha value is -2.81. The number of hydrogen-bond acceptors (Lipinski definition) is 2. The van der Waals surface area contributed by atoms with Gasteiger partial charge in [-0.3, -0.25) is 0 Å². The van der Waals surface area contributed by atoms with Gasteiger partial charge in [0.05, 0.1) is 0 Å². The molecule has 4 aromatic rings. The molecule has 0 N–H and O–H groups in total. The van der Waals surface area contributed by atoms with Crippen LogP contribution in [0.25, 0.3) is 0 Å². The summed E-state index contributed by atoms with van der Waals surface area (Å²) in [5.41, 5.74) is 1.93. The van der Waals surface area contributed by atoms with E-state index < -0.39 is 26.6 Å². The van der Waals surface area contributed by atoms with Crippen LogP contribution in [0.1, 0.15) is 0 Å². The molecule has 5 heteroatoms. The summed E-state index contributed by atoms with van der Waals surface area (Å²) in [4.78, 5) is 0. The van der Waals surface area contributed by atoms with Crippen molar-refractivity contribution in [3.8, 4) is 0 Å². The van der Waals surface area contributed by atoms with Crippen LogP contribution in [-0.4, -0.2) is 26.6 Å². The van der Waals surface area contributed by atoms with Crippen LogP contribution >= 0.6 is 0 Å². The van der Waals surface area contributed by atoms with Crippen LogP contribution in [0.3, 0.4) is 0 Å². The van der Waals surface area contributed by atoms with Gasteiger partial charge in [-0.15, -0.1) is 6.58 Å². The van der Waals surface area contributed by atoms with E-state index in [1.54, 1.807) is 0 Å². The molecule has 0 unspecified atom stereocenters. The maximum atomic E-state index is 6.96. The van der Waals surface area contributed by atoms with Crippen LogP contribution in [0.4, 0.5) is 0 Å². The highest BCUT2D eigenvalue weighted by molar-refractivity contribution is 6.94. The van der Waals surface area contributed by atoms with Crippen molar-refractivity contribution in [3.05, 3.63) is 134 Å². The van der Waals surface area contributed by atoms with E-state index in [0.717, 1.165) is 0 Å². The Labute approximate surface area is 195 Å². The van der Waals surface area contributed by atoms with Gasteiger partial charge in [0.25, 0.3) is 18.1 Å². The molecule has 4 aromatic carbocycles. The third-order valence-electron chi connectivity index (χ3n) is 5.12. The van der Waals surface area contributed by atoms with Gasteiger partial charge in [0.2, 0.25) is 0 Å². The molecular formula is C27H26O2Si3. The second kappa shape index (κ2) is 10.7. The molecule has 0 amide bonds. The molecule has 0 aromatic heterocycles. The molecule has 0 bridgehead atoms. The summed E-state index contributed by atoms with van der Waals surface area (Å²) < 4.78 is 13.9. The highest BCUT2D eigenvalue weighted by Gasteiger charge is 2.38. The van der Waals surface area contributed by atoms with Gasteiger partial charge in [0.15, 0.2) is 0 Å². The molecule has 0 fully saturated rings. The van der Waals surface area contributed by atoms with Crippen LogP contribution in [-0.2, 0) is 8.23 Å². The first-order chi connectivity index (χ1) is 15.7. The largest absolute Gasteiger partial charge is 0.426 e. The summed E-state index contributed by atoms with van der Waals surface area (Å²) in [6, 6.07) is 42.0. The SMILES string of the molecule is C=C[Si](C)(O[Si](c1ccccc1)c1ccccc1)O[Si](c1ccccc1)c1ccccc1. The van der Waals surface area contributed by atoms with Gasteiger partial charge in [0, 0.05) is 0 Å². The summed E-state index contributed by atoms with van der Waals surface area (Å²) in [7, 11) is -5.72. The highest BCUT2D eigenvalue weighted by Crippen LogP contribution is 2.13. The van der Waals surface area contributed by atoms with Crippen molar-refractivity contribution in [3.63, 3.8) is 0 Å². The molecule has 32 heavy (non-hydrogen) atoms. The van der Waals surface area contributed by atoms with Crippen molar-refractivity contribution in [2.24, 2.45) is 0 Å². The predicted molar refractivity (Wildman–Crippen MR) is 140 cm³/mol. The monoisotopic (exact) mass is 466 g/mol. The molecule has 0 heterocycles. The lowest BCUT2D eigenvalue weighted by Gasteiger charge is -2.32. The molecule has 4 rings (SSSR count). The second-order valence-corrected chi connectivity index (χ2v) is 15.2. The third kappa shape index (κ3) is 5.51. The quantitative estimate of drug-likeness (QED) is 0.352. The van der Waals surface area contributed by atoms with Crippen LogP contribution in [0, 0.1) is 0 Å². The van der Waals surface area contributed by atoms with E-state index >= 15 is 0 Å². The van der Waals surface area contributed by atoms with Gasteiger partial charge in [-0.1, -0.05) is 127 Å². The number of rotatable bonds is 9. The van der Waals surface area contributed by atoms with E-state index in [2.05, 4.69) is 110 Å². The summed E-state index contributed by atoms with van der Waals surface area (Å²) in [5, 5.41) is 4.84. The van der Waals surface area contributed by atoms with Gasteiger partial charge in [-0.05, 0) is 27.3 Å². The normalized spacial score (nSPS) is 11.6. The van der Waals surface area contributed by atoms with E-state index in [9.17, 15) is 0 Å². The van der Waals surface area contributed by atoms with Crippen molar-refractivity contribution >= 4 is 47.4 Å². The second-order valence-electron chi connectivity index (χ2n) is 7.55. The first-order valence-electron chi connectivity index (χ1n) is 10.7. The molecular weight excluding hydrogens is 441 g/mol. The minimum atomic E-state index is -2.73. The van der Waals surface area contributed by atoms with E-state index in [1.807, 2.05) is 30.0 Å². The lowest BCUT2D eigenvalue weighted by atomic mass is 10.4. The molecule has 0 aliphatic rings. The van der Waals surface area contributed by atoms with Crippen molar-refractivity contribution in [1.82, 2.24) is 0 Å². The van der Waals surface area contributed by atoms with E-state index in [4.69, 9.17) is 8.23 Å². The molecule has 0 aliphatic carbocycles. The average Bonchev–Trinajstić information content (AvgIpc) is 2.88. The maximum absolute atomic E-state index is 6.96. The lowest BCUT2D eigenvalue weighted by Crippen LogP contribution is -2.59. The third-order valence-corrected chi connectivity index (χ3v) is 14.2. The molecule has 0 saturated carbocycles. The van der Waals surface area contributed by atoms with E-state index in [1.165, 1.54) is 20.7 Å². The average molecular weight is 467 g/mol. The number of hydrogen-bond donors (Lipinski definition) is 0. The van der Waals surface area contributed by atoms with Crippen LogP contribution < -0.4 is 20.7 Å². The fourth-order valence-corrected chi connectivity index (χ4v) is 12.4. The molecule has 2 nitrogen and oxygen atoms in total. The van der Waals surface area contributed by atoms with E-state index in [0.29, 0.717) is 0 Å². The summed E-state index contributed by atoms with van der Waals surface area (Å²) in [5.74, 6) is 0. The van der Waals surface area contributed by atoms with Gasteiger partial charge >= 0.3 is 8.56 Å².